The van der Waals surface area contributed by atoms with Crippen LogP contribution in [0.1, 0.15) is 35.5 Å². The minimum atomic E-state index is -0.0170. The van der Waals surface area contributed by atoms with Crippen LogP contribution in [0.15, 0.2) is 24.5 Å². The van der Waals surface area contributed by atoms with Crippen molar-refractivity contribution < 1.29 is 9.53 Å². The molecular formula is C17H21N3O2. The second-order valence-corrected chi connectivity index (χ2v) is 6.25. The third kappa shape index (κ3) is 2.34. The first-order valence-electron chi connectivity index (χ1n) is 8.13. The summed E-state index contributed by atoms with van der Waals surface area (Å²) in [6, 6.07) is 3.91. The number of ether oxygens (including phenoxy) is 1. The van der Waals surface area contributed by atoms with Crippen LogP contribution in [0, 0.1) is 5.92 Å². The SMILES string of the molecule is O=C(C1CCOC1)n1cc(C2CCNCC2)c2ncccc21. The molecule has 0 aliphatic carbocycles. The normalized spacial score (nSPS) is 23.2. The Morgan fingerprint density at radius 2 is 2.18 bits per heavy atom. The van der Waals surface area contributed by atoms with E-state index in [1.165, 1.54) is 5.56 Å². The van der Waals surface area contributed by atoms with Crippen molar-refractivity contribution in [3.63, 3.8) is 0 Å². The number of hydrogen-bond acceptors (Lipinski definition) is 4. The summed E-state index contributed by atoms with van der Waals surface area (Å²) in [5.41, 5.74) is 3.15. The van der Waals surface area contributed by atoms with E-state index in [2.05, 4.69) is 10.3 Å². The molecule has 1 unspecified atom stereocenters. The fourth-order valence-electron chi connectivity index (χ4n) is 3.62. The summed E-state index contributed by atoms with van der Waals surface area (Å²) in [4.78, 5) is 17.4. The standard InChI is InChI=1S/C17H21N3O2/c21-17(13-5-9-22-11-13)20-10-14(12-3-7-18-8-4-12)16-15(20)2-1-6-19-16/h1-2,6,10,12-13,18H,3-5,7-9,11H2. The van der Waals surface area contributed by atoms with Gasteiger partial charge in [0.1, 0.15) is 0 Å². The van der Waals surface area contributed by atoms with Crippen molar-refractivity contribution in [2.45, 2.75) is 25.2 Å². The maximum Gasteiger partial charge on any atom is 0.236 e. The summed E-state index contributed by atoms with van der Waals surface area (Å²) in [5.74, 6) is 0.625. The number of carbonyl (C=O) groups excluding carboxylic acids is 1. The fourth-order valence-corrected chi connectivity index (χ4v) is 3.62. The minimum Gasteiger partial charge on any atom is -0.381 e. The molecule has 5 heteroatoms. The lowest BCUT2D eigenvalue weighted by Gasteiger charge is -2.21. The van der Waals surface area contributed by atoms with E-state index in [1.54, 1.807) is 0 Å². The Morgan fingerprint density at radius 1 is 1.32 bits per heavy atom. The summed E-state index contributed by atoms with van der Waals surface area (Å²) in [6.45, 7) is 3.31. The van der Waals surface area contributed by atoms with Crippen molar-refractivity contribution in [3.05, 3.63) is 30.1 Å². The van der Waals surface area contributed by atoms with Crippen LogP contribution < -0.4 is 5.32 Å². The predicted molar refractivity (Wildman–Crippen MR) is 84.1 cm³/mol. The van der Waals surface area contributed by atoms with Crippen LogP contribution in [0.5, 0.6) is 0 Å². The summed E-state index contributed by atoms with van der Waals surface area (Å²) in [6.07, 6.45) is 6.89. The molecule has 0 radical (unpaired) electrons. The molecule has 2 saturated heterocycles. The van der Waals surface area contributed by atoms with Crippen LogP contribution >= 0.6 is 0 Å². The number of hydrogen-bond donors (Lipinski definition) is 1. The second kappa shape index (κ2) is 5.82. The third-order valence-electron chi connectivity index (χ3n) is 4.88. The van der Waals surface area contributed by atoms with Crippen LogP contribution in [0.25, 0.3) is 11.0 Å². The van der Waals surface area contributed by atoms with Gasteiger partial charge in [0.25, 0.3) is 0 Å². The molecule has 22 heavy (non-hydrogen) atoms. The van der Waals surface area contributed by atoms with Crippen LogP contribution in [0.4, 0.5) is 0 Å². The van der Waals surface area contributed by atoms with Crippen LogP contribution in [-0.2, 0) is 4.74 Å². The lowest BCUT2D eigenvalue weighted by molar-refractivity contribution is 0.0820. The van der Waals surface area contributed by atoms with Crippen LogP contribution in [-0.4, -0.2) is 41.8 Å². The maximum absolute atomic E-state index is 12.8. The van der Waals surface area contributed by atoms with Crippen molar-refractivity contribution in [3.8, 4) is 0 Å². The third-order valence-corrected chi connectivity index (χ3v) is 4.88. The molecule has 1 N–H and O–H groups in total. The average Bonchev–Trinajstić information content (AvgIpc) is 3.23. The van der Waals surface area contributed by atoms with E-state index in [0.29, 0.717) is 19.1 Å². The molecule has 4 rings (SSSR count). The van der Waals surface area contributed by atoms with Gasteiger partial charge in [0, 0.05) is 19.0 Å². The molecule has 2 aromatic rings. The van der Waals surface area contributed by atoms with Gasteiger partial charge in [-0.1, -0.05) is 0 Å². The molecule has 116 valence electrons. The zero-order valence-corrected chi connectivity index (χ0v) is 12.6. The van der Waals surface area contributed by atoms with E-state index in [-0.39, 0.29) is 11.8 Å². The zero-order valence-electron chi connectivity index (χ0n) is 12.6. The molecule has 2 aliphatic rings. The minimum absolute atomic E-state index is 0.0170. The highest BCUT2D eigenvalue weighted by Gasteiger charge is 2.28. The van der Waals surface area contributed by atoms with Gasteiger partial charge in [-0.05, 0) is 56.0 Å². The quantitative estimate of drug-likeness (QED) is 0.923. The number of pyridine rings is 1. The molecule has 0 amide bonds. The Balaban J connectivity index is 1.76. The van der Waals surface area contributed by atoms with Crippen molar-refractivity contribution in [1.82, 2.24) is 14.9 Å². The average molecular weight is 299 g/mol. The van der Waals surface area contributed by atoms with Gasteiger partial charge in [0.15, 0.2) is 0 Å². The Morgan fingerprint density at radius 3 is 2.95 bits per heavy atom. The van der Waals surface area contributed by atoms with Crippen molar-refractivity contribution >= 4 is 16.9 Å². The zero-order chi connectivity index (χ0) is 14.9. The highest BCUT2D eigenvalue weighted by Crippen LogP contribution is 2.32. The maximum atomic E-state index is 12.8. The van der Waals surface area contributed by atoms with Crippen molar-refractivity contribution in [1.29, 1.82) is 0 Å². The van der Waals surface area contributed by atoms with Crippen molar-refractivity contribution in [2.75, 3.05) is 26.3 Å². The number of rotatable bonds is 2. The first kappa shape index (κ1) is 13.9. The number of fused-ring (bicyclic) bond motifs is 1. The van der Waals surface area contributed by atoms with Crippen molar-refractivity contribution in [2.24, 2.45) is 5.92 Å². The number of piperidine rings is 1. The largest absolute Gasteiger partial charge is 0.381 e. The van der Waals surface area contributed by atoms with Gasteiger partial charge < -0.3 is 10.1 Å². The lowest BCUT2D eigenvalue weighted by Crippen LogP contribution is -2.26. The van der Waals surface area contributed by atoms with Gasteiger partial charge in [-0.15, -0.1) is 0 Å². The molecule has 0 aromatic carbocycles. The molecule has 4 heterocycles. The lowest BCUT2D eigenvalue weighted by atomic mass is 9.91. The Hall–Kier alpha value is -1.72. The van der Waals surface area contributed by atoms with Gasteiger partial charge in [-0.3, -0.25) is 14.3 Å². The molecule has 0 spiro atoms. The smallest absolute Gasteiger partial charge is 0.236 e. The van der Waals surface area contributed by atoms with Gasteiger partial charge in [-0.2, -0.15) is 0 Å². The molecule has 1 atom stereocenters. The summed E-state index contributed by atoms with van der Waals surface area (Å²) in [7, 11) is 0. The van der Waals surface area contributed by atoms with Gasteiger partial charge in [0.2, 0.25) is 5.91 Å². The molecule has 2 aliphatic heterocycles. The summed E-state index contributed by atoms with van der Waals surface area (Å²) in [5, 5.41) is 3.40. The summed E-state index contributed by atoms with van der Waals surface area (Å²) < 4.78 is 7.20. The van der Waals surface area contributed by atoms with E-state index in [0.717, 1.165) is 43.4 Å². The topological polar surface area (TPSA) is 56.1 Å². The molecule has 2 fully saturated rings. The predicted octanol–water partition coefficient (Wildman–Crippen LogP) is 2.18. The Bertz CT molecular complexity index is 682. The first-order valence-corrected chi connectivity index (χ1v) is 8.13. The number of nitrogens with one attached hydrogen (secondary N) is 1. The van der Waals surface area contributed by atoms with Gasteiger partial charge in [-0.25, -0.2) is 0 Å². The number of nitrogens with zero attached hydrogens (tertiary/aromatic N) is 2. The van der Waals surface area contributed by atoms with Crippen LogP contribution in [0.3, 0.4) is 0 Å². The second-order valence-electron chi connectivity index (χ2n) is 6.25. The molecule has 0 saturated carbocycles. The number of carbonyl (C=O) groups is 1. The monoisotopic (exact) mass is 299 g/mol. The van der Waals surface area contributed by atoms with Gasteiger partial charge in [0.05, 0.1) is 23.6 Å². The molecule has 2 aromatic heterocycles. The van der Waals surface area contributed by atoms with E-state index in [4.69, 9.17) is 4.74 Å². The molecular weight excluding hydrogens is 278 g/mol. The van der Waals surface area contributed by atoms with E-state index in [1.807, 2.05) is 29.1 Å². The van der Waals surface area contributed by atoms with Crippen LogP contribution in [0.2, 0.25) is 0 Å². The van der Waals surface area contributed by atoms with Gasteiger partial charge >= 0.3 is 0 Å². The Labute approximate surface area is 129 Å². The van der Waals surface area contributed by atoms with E-state index < -0.39 is 0 Å². The van der Waals surface area contributed by atoms with E-state index >= 15 is 0 Å². The highest BCUT2D eigenvalue weighted by molar-refractivity contribution is 5.94. The number of aromatic nitrogens is 2. The highest BCUT2D eigenvalue weighted by atomic mass is 16.5. The molecule has 5 nitrogen and oxygen atoms in total. The van der Waals surface area contributed by atoms with E-state index in [9.17, 15) is 4.79 Å². The first-order chi connectivity index (χ1) is 10.8. The Kier molecular flexibility index (Phi) is 3.68. The fraction of sp³-hybridized carbons (Fsp3) is 0.529. The summed E-state index contributed by atoms with van der Waals surface area (Å²) >= 11 is 0. The molecule has 0 bridgehead atoms.